The van der Waals surface area contributed by atoms with Gasteiger partial charge < -0.3 is 4.74 Å². The molecule has 0 bridgehead atoms. The Hall–Kier alpha value is -6.53. The van der Waals surface area contributed by atoms with Gasteiger partial charge in [0.2, 0.25) is 5.90 Å². The maximum atomic E-state index is 14.2. The van der Waals surface area contributed by atoms with Crippen LogP contribution in [0.5, 0.6) is 0 Å². The molecule has 29 heteroatoms. The second kappa shape index (κ2) is 29.0. The van der Waals surface area contributed by atoms with Gasteiger partial charge in [0.25, 0.3) is 0 Å². The molecule has 7 aromatic rings. The van der Waals surface area contributed by atoms with Crippen LogP contribution in [0.4, 0.5) is 105 Å². The number of hydrogen-bond acceptors (Lipinski definition) is 2. The summed E-state index contributed by atoms with van der Waals surface area (Å²) in [7, 11) is -0.686. The van der Waals surface area contributed by atoms with Crippen molar-refractivity contribution in [1.29, 1.82) is 0 Å². The largest absolute Gasteiger partial charge is 0.475 e. The second-order valence-corrected chi connectivity index (χ2v) is 24.7. The first-order valence-electron chi connectivity index (χ1n) is 27.7. The molecule has 5 radical (unpaired) electrons. The van der Waals surface area contributed by atoms with E-state index in [9.17, 15) is 105 Å². The topological polar surface area (TPSA) is 21.6 Å². The van der Waals surface area contributed by atoms with Crippen LogP contribution in [-0.4, -0.2) is 24.7 Å². The third-order valence-corrected chi connectivity index (χ3v) is 17.3. The third kappa shape index (κ3) is 18.9. The van der Waals surface area contributed by atoms with E-state index in [0.717, 1.165) is 11.5 Å². The van der Waals surface area contributed by atoms with Crippen molar-refractivity contribution in [2.45, 2.75) is 102 Å². The van der Waals surface area contributed by atoms with Crippen LogP contribution in [0.2, 0.25) is 0 Å². The van der Waals surface area contributed by atoms with Crippen molar-refractivity contribution in [2.24, 2.45) is 10.4 Å². The van der Waals surface area contributed by atoms with Crippen molar-refractivity contribution >= 4 is 57.7 Å². The summed E-state index contributed by atoms with van der Waals surface area (Å²) in [6.07, 6.45) is -40.8. The molecule has 0 unspecified atom stereocenters. The summed E-state index contributed by atoms with van der Waals surface area (Å²) in [6.45, 7) is 7.32. The van der Waals surface area contributed by atoms with E-state index in [1.165, 1.54) is 41.6 Å². The monoisotopic (exact) mass is 1550 g/mol. The van der Waals surface area contributed by atoms with Gasteiger partial charge in [-0.25, -0.2) is 4.99 Å². The van der Waals surface area contributed by atoms with Gasteiger partial charge in [-0.05, 0) is 111 Å². The number of alkyl halides is 24. The molecule has 9 rings (SSSR count). The van der Waals surface area contributed by atoms with E-state index in [0.29, 0.717) is 6.61 Å². The van der Waals surface area contributed by atoms with Crippen molar-refractivity contribution in [3.05, 3.63) is 233 Å². The van der Waals surface area contributed by atoms with Crippen LogP contribution >= 0.6 is 7.92 Å². The number of nitrogens with zero attached hydrogens (tertiary/aromatic N) is 1. The average molecular weight is 1550 g/mol. The van der Waals surface area contributed by atoms with E-state index < -0.39 is 203 Å². The molecule has 0 amide bonds. The molecule has 1 atom stereocenters. The minimum absolute atomic E-state index is 0. The molecule has 2 nitrogen and oxygen atoms in total. The molecule has 1 aliphatic carbocycles. The van der Waals surface area contributed by atoms with Gasteiger partial charge in [0.1, 0.15) is 12.8 Å². The number of aliphatic imine (C=N–C) groups is 1. The maximum Gasteiger partial charge on any atom is 0.416 e. The first-order chi connectivity index (χ1) is 42.8. The fraction of sp³-hybridized carbons (Fsp3) is 0.277. The number of hydrogen-bond donors (Lipinski definition) is 0. The second-order valence-electron chi connectivity index (χ2n) is 22.5. The Balaban J connectivity index is 0.000000309. The van der Waals surface area contributed by atoms with Gasteiger partial charge in [-0.1, -0.05) is 148 Å². The van der Waals surface area contributed by atoms with Gasteiger partial charge in [-0.2, -0.15) is 127 Å². The Morgan fingerprint density at radius 1 is 0.351 bits per heavy atom. The summed E-state index contributed by atoms with van der Waals surface area (Å²) in [6, 6.07) is 21.5. The predicted molar refractivity (Wildman–Crippen MR) is 307 cm³/mol. The van der Waals surface area contributed by atoms with E-state index >= 15 is 0 Å². The SMILES string of the molecule is CC(C)(C)[C@H]1COC(c2ccccc2P(c2ccccc2)c2ccccc2)=N1.FC(F)(F)c1cc([B-](c2cc(C(F)(F)F)cc(C(F)(F)F)c2)(c2cc(C(F)(F)F)cc(C(F)(F)F)c2)c2cc(C(F)(F)F)cc(C(F)(F)F)c2)cc(C(F)(F)F)c1.[CH]1[CH]CC[CH][CH]CC1.[Ir]. The molecule has 2 aliphatic rings. The van der Waals surface area contributed by atoms with E-state index in [-0.39, 0.29) is 31.6 Å². The summed E-state index contributed by atoms with van der Waals surface area (Å²) >= 11 is 0. The zero-order valence-corrected chi connectivity index (χ0v) is 52.0. The molecule has 1 aliphatic heterocycles. The Morgan fingerprint density at radius 3 is 0.830 bits per heavy atom. The number of halogens is 24. The van der Waals surface area contributed by atoms with Crippen molar-refractivity contribution in [3.8, 4) is 0 Å². The summed E-state index contributed by atoms with van der Waals surface area (Å²) in [5, 5.41) is 3.97. The van der Waals surface area contributed by atoms with Crippen molar-refractivity contribution in [2.75, 3.05) is 6.61 Å². The first kappa shape index (κ1) is 76.5. The number of benzene rings is 7. The molecule has 0 saturated heterocycles. The van der Waals surface area contributed by atoms with Crippen LogP contribution in [0.15, 0.2) is 163 Å². The fourth-order valence-electron chi connectivity index (χ4n) is 10.3. The molecular weight excluding hydrogens is 1500 g/mol. The van der Waals surface area contributed by atoms with E-state index in [1.807, 2.05) is 0 Å². The number of rotatable bonds is 8. The summed E-state index contributed by atoms with van der Waals surface area (Å²) in [5.74, 6) is 0.787. The smallest absolute Gasteiger partial charge is 0.416 e. The maximum absolute atomic E-state index is 14.2. The fourth-order valence-corrected chi connectivity index (χ4v) is 12.8. The van der Waals surface area contributed by atoms with E-state index in [2.05, 4.69) is 131 Å². The molecule has 0 N–H and O–H groups in total. The first-order valence-corrected chi connectivity index (χ1v) is 29.0. The van der Waals surface area contributed by atoms with Crippen LogP contribution in [-0.2, 0) is 74.3 Å². The van der Waals surface area contributed by atoms with Gasteiger partial charge in [-0.3, -0.25) is 0 Å². The van der Waals surface area contributed by atoms with Crippen LogP contribution in [0.3, 0.4) is 0 Å². The van der Waals surface area contributed by atoms with Crippen LogP contribution < -0.4 is 37.8 Å². The Morgan fingerprint density at radius 2 is 0.596 bits per heavy atom. The van der Waals surface area contributed by atoms with Crippen molar-refractivity contribution in [3.63, 3.8) is 0 Å². The Bertz CT molecular complexity index is 3210. The van der Waals surface area contributed by atoms with E-state index in [1.54, 1.807) is 0 Å². The minimum Gasteiger partial charge on any atom is -0.475 e. The van der Waals surface area contributed by atoms with Gasteiger partial charge in [-0.15, -0.1) is 0 Å². The zero-order chi connectivity index (χ0) is 69.1. The molecule has 0 spiro atoms. The third-order valence-electron chi connectivity index (χ3n) is 14.8. The van der Waals surface area contributed by atoms with Crippen molar-refractivity contribution in [1.82, 2.24) is 0 Å². The van der Waals surface area contributed by atoms with Crippen molar-refractivity contribution < 1.29 is 130 Å². The zero-order valence-electron chi connectivity index (χ0n) is 48.7. The minimum atomic E-state index is -6.13. The molecule has 507 valence electrons. The molecule has 1 fully saturated rings. The average Bonchev–Trinajstić information content (AvgIpc) is 0.746. The number of ether oxygens (including phenoxy) is 1. The molecule has 1 saturated carbocycles. The molecule has 94 heavy (non-hydrogen) atoms. The normalized spacial score (nSPS) is 15.7. The predicted octanol–water partition coefficient (Wildman–Crippen LogP) is 18.2. The van der Waals surface area contributed by atoms with Gasteiger partial charge in [0.15, 0.2) is 0 Å². The van der Waals surface area contributed by atoms with Gasteiger partial charge >= 0.3 is 49.4 Å². The molecular formula is C65H50BF24IrNOP-. The van der Waals surface area contributed by atoms with Gasteiger partial charge in [0, 0.05) is 25.7 Å². The molecule has 0 aromatic heterocycles. The Kier molecular flexibility index (Phi) is 23.6. The van der Waals surface area contributed by atoms with E-state index in [4.69, 9.17) is 9.73 Å². The quantitative estimate of drug-likeness (QED) is 0.0844. The Labute approximate surface area is 538 Å². The standard InChI is InChI=1S/C32H12BF24.C25H26NOP.C8H12.Ir/c34-25(35,36)13-1-14(26(37,38)39)6-21(5-13)33(22-7-15(27(40,41)42)2-16(8-22)28(43,44)45,23-9-17(29(46,47)48)3-18(10-23)30(49,50)51)24-11-19(31(52,53)54)4-20(12-24)32(55,56)57;1-25(2,3)23-18-27-24(26-23)21-16-10-11-17-22(21)28(19-12-6-4-7-13-19)20-14-8-5-9-15-20;1-2-4-6-8-7-5-3-1;/h1-12H;4-17,23H,18H2,1-3H3;1-2,7-8H,3-6H2;/q-1;;;/t;23-;;/m.1../s1. The summed E-state index contributed by atoms with van der Waals surface area (Å²) in [5.41, 5.74) is -29.0. The summed E-state index contributed by atoms with van der Waals surface area (Å²) < 4.78 is 347. The molecule has 1 heterocycles. The molecule has 7 aromatic carbocycles. The van der Waals surface area contributed by atoms with Gasteiger partial charge in [0.05, 0.1) is 50.5 Å². The van der Waals surface area contributed by atoms with Crippen LogP contribution in [0.25, 0.3) is 0 Å². The van der Waals surface area contributed by atoms with Crippen LogP contribution in [0, 0.1) is 31.1 Å². The summed E-state index contributed by atoms with van der Waals surface area (Å²) in [4.78, 5) is 4.96. The van der Waals surface area contributed by atoms with Crippen LogP contribution in [0.1, 0.15) is 96.5 Å².